The number of rotatable bonds is 4. The number of halogens is 2. The van der Waals surface area contributed by atoms with Gasteiger partial charge in [0.2, 0.25) is 0 Å². The molecule has 0 bridgehead atoms. The molecule has 0 saturated heterocycles. The van der Waals surface area contributed by atoms with Gasteiger partial charge in [0.15, 0.2) is 0 Å². The van der Waals surface area contributed by atoms with Crippen LogP contribution in [0.5, 0.6) is 0 Å². The van der Waals surface area contributed by atoms with Crippen LogP contribution in [0, 0.1) is 5.82 Å². The lowest BCUT2D eigenvalue weighted by molar-refractivity contribution is 0.0773. The van der Waals surface area contributed by atoms with E-state index in [4.69, 9.17) is 11.6 Å². The molecule has 92 valence electrons. The van der Waals surface area contributed by atoms with Crippen LogP contribution in [0.2, 0.25) is 5.02 Å². The molecule has 0 saturated carbocycles. The summed E-state index contributed by atoms with van der Waals surface area (Å²) < 4.78 is 13.6. The Morgan fingerprint density at radius 2 is 2.18 bits per heavy atom. The number of hydrogen-bond acceptors (Lipinski definition) is 1. The summed E-state index contributed by atoms with van der Waals surface area (Å²) in [6, 6.07) is 4.05. The first kappa shape index (κ1) is 13.7. The van der Waals surface area contributed by atoms with Gasteiger partial charge in [-0.05, 0) is 32.0 Å². The van der Waals surface area contributed by atoms with Crippen molar-refractivity contribution in [2.24, 2.45) is 0 Å². The first-order chi connectivity index (χ1) is 7.95. The number of carbonyl (C=O) groups excluding carboxylic acids is 1. The second-order valence-electron chi connectivity index (χ2n) is 3.90. The van der Waals surface area contributed by atoms with Crippen LogP contribution in [0.25, 0.3) is 0 Å². The van der Waals surface area contributed by atoms with Gasteiger partial charge in [-0.25, -0.2) is 4.39 Å². The van der Waals surface area contributed by atoms with E-state index in [0.717, 1.165) is 11.6 Å². The lowest BCUT2D eigenvalue weighted by Crippen LogP contribution is -2.32. The molecule has 0 spiro atoms. The fourth-order valence-electron chi connectivity index (χ4n) is 1.49. The lowest BCUT2D eigenvalue weighted by Gasteiger charge is -2.21. The molecule has 2 nitrogen and oxygen atoms in total. The molecule has 0 N–H and O–H groups in total. The SMILES string of the molecule is C=C(C)CN(CC)C(=O)c1ccc(Cl)cc1F. The van der Waals surface area contributed by atoms with Gasteiger partial charge in [0.1, 0.15) is 5.82 Å². The van der Waals surface area contributed by atoms with E-state index in [1.165, 1.54) is 17.0 Å². The van der Waals surface area contributed by atoms with Crippen LogP contribution < -0.4 is 0 Å². The van der Waals surface area contributed by atoms with Gasteiger partial charge in [0, 0.05) is 18.1 Å². The van der Waals surface area contributed by atoms with Crippen molar-refractivity contribution in [1.82, 2.24) is 4.90 Å². The molecule has 0 aromatic heterocycles. The van der Waals surface area contributed by atoms with E-state index in [-0.39, 0.29) is 16.5 Å². The molecular formula is C13H15ClFNO. The van der Waals surface area contributed by atoms with E-state index >= 15 is 0 Å². The second kappa shape index (κ2) is 5.82. The fourth-order valence-corrected chi connectivity index (χ4v) is 1.65. The number of benzene rings is 1. The highest BCUT2D eigenvalue weighted by Gasteiger charge is 2.17. The average molecular weight is 256 g/mol. The van der Waals surface area contributed by atoms with Gasteiger partial charge in [0.05, 0.1) is 5.56 Å². The third-order valence-electron chi connectivity index (χ3n) is 2.29. The normalized spacial score (nSPS) is 10.1. The average Bonchev–Trinajstić information content (AvgIpc) is 2.24. The predicted octanol–water partition coefficient (Wildman–Crippen LogP) is 3.52. The standard InChI is InChI=1S/C13H15ClFNO/c1-4-16(8-9(2)3)13(17)11-6-5-10(14)7-12(11)15/h5-7H,2,4,8H2,1,3H3. The van der Waals surface area contributed by atoms with Crippen molar-refractivity contribution in [3.05, 3.63) is 46.8 Å². The molecule has 0 aliphatic rings. The van der Waals surface area contributed by atoms with Gasteiger partial charge >= 0.3 is 0 Å². The first-order valence-electron chi connectivity index (χ1n) is 5.34. The summed E-state index contributed by atoms with van der Waals surface area (Å²) in [5, 5.41) is 0.280. The minimum atomic E-state index is -0.595. The van der Waals surface area contributed by atoms with E-state index < -0.39 is 5.82 Å². The smallest absolute Gasteiger partial charge is 0.257 e. The van der Waals surface area contributed by atoms with Crippen LogP contribution in [-0.2, 0) is 0 Å². The molecule has 1 amide bonds. The second-order valence-corrected chi connectivity index (χ2v) is 4.34. The van der Waals surface area contributed by atoms with Crippen molar-refractivity contribution in [2.75, 3.05) is 13.1 Å². The Morgan fingerprint density at radius 3 is 2.65 bits per heavy atom. The summed E-state index contributed by atoms with van der Waals surface area (Å²) in [7, 11) is 0. The number of nitrogens with zero attached hydrogens (tertiary/aromatic N) is 1. The van der Waals surface area contributed by atoms with Crippen molar-refractivity contribution >= 4 is 17.5 Å². The molecule has 4 heteroatoms. The Kier molecular flexibility index (Phi) is 4.70. The Morgan fingerprint density at radius 1 is 1.53 bits per heavy atom. The predicted molar refractivity (Wildman–Crippen MR) is 67.8 cm³/mol. The number of carbonyl (C=O) groups is 1. The monoisotopic (exact) mass is 255 g/mol. The van der Waals surface area contributed by atoms with Crippen LogP contribution in [0.1, 0.15) is 24.2 Å². The molecule has 0 radical (unpaired) electrons. The van der Waals surface area contributed by atoms with E-state index in [1.807, 2.05) is 13.8 Å². The topological polar surface area (TPSA) is 20.3 Å². The molecule has 17 heavy (non-hydrogen) atoms. The summed E-state index contributed by atoms with van der Waals surface area (Å²) in [5.41, 5.74) is 0.895. The molecule has 0 aliphatic carbocycles. The zero-order valence-corrected chi connectivity index (χ0v) is 10.7. The highest BCUT2D eigenvalue weighted by atomic mass is 35.5. The minimum Gasteiger partial charge on any atom is -0.335 e. The van der Waals surface area contributed by atoms with Crippen LogP contribution in [0.15, 0.2) is 30.4 Å². The van der Waals surface area contributed by atoms with Gasteiger partial charge < -0.3 is 4.90 Å². The third kappa shape index (κ3) is 3.56. The van der Waals surface area contributed by atoms with Crippen LogP contribution in [0.3, 0.4) is 0 Å². The lowest BCUT2D eigenvalue weighted by atomic mass is 10.1. The molecular weight excluding hydrogens is 241 g/mol. The largest absolute Gasteiger partial charge is 0.335 e. The molecule has 0 atom stereocenters. The van der Waals surface area contributed by atoms with Crippen LogP contribution in [-0.4, -0.2) is 23.9 Å². The highest BCUT2D eigenvalue weighted by molar-refractivity contribution is 6.30. The molecule has 0 fully saturated rings. The summed E-state index contributed by atoms with van der Waals surface area (Å²) >= 11 is 5.64. The van der Waals surface area contributed by atoms with E-state index in [9.17, 15) is 9.18 Å². The van der Waals surface area contributed by atoms with Crippen molar-refractivity contribution in [3.63, 3.8) is 0 Å². The molecule has 0 unspecified atom stereocenters. The quantitative estimate of drug-likeness (QED) is 0.754. The van der Waals surface area contributed by atoms with Crippen molar-refractivity contribution in [2.45, 2.75) is 13.8 Å². The zero-order chi connectivity index (χ0) is 13.0. The number of amides is 1. The van der Waals surface area contributed by atoms with Gasteiger partial charge in [-0.2, -0.15) is 0 Å². The van der Waals surface area contributed by atoms with Gasteiger partial charge in [0.25, 0.3) is 5.91 Å². The maximum atomic E-state index is 13.6. The Balaban J connectivity index is 2.97. The Bertz CT molecular complexity index is 445. The highest BCUT2D eigenvalue weighted by Crippen LogP contribution is 2.16. The van der Waals surface area contributed by atoms with Crippen LogP contribution in [0.4, 0.5) is 4.39 Å². The fraction of sp³-hybridized carbons (Fsp3) is 0.308. The Labute approximate surface area is 106 Å². The summed E-state index contributed by atoms with van der Waals surface area (Å²) in [5.74, 6) is -0.938. The number of hydrogen-bond donors (Lipinski definition) is 0. The molecule has 1 aromatic carbocycles. The van der Waals surface area contributed by atoms with Crippen molar-refractivity contribution < 1.29 is 9.18 Å². The molecule has 0 aliphatic heterocycles. The first-order valence-corrected chi connectivity index (χ1v) is 5.72. The van der Waals surface area contributed by atoms with E-state index in [2.05, 4.69) is 6.58 Å². The van der Waals surface area contributed by atoms with Gasteiger partial charge in [-0.15, -0.1) is 0 Å². The summed E-state index contributed by atoms with van der Waals surface area (Å²) in [6.07, 6.45) is 0. The maximum absolute atomic E-state index is 13.6. The summed E-state index contributed by atoms with van der Waals surface area (Å²) in [4.78, 5) is 13.6. The number of likely N-dealkylation sites (N-methyl/N-ethyl adjacent to an activating group) is 1. The van der Waals surface area contributed by atoms with Gasteiger partial charge in [-0.3, -0.25) is 4.79 Å². The maximum Gasteiger partial charge on any atom is 0.257 e. The van der Waals surface area contributed by atoms with Gasteiger partial charge in [-0.1, -0.05) is 23.8 Å². The van der Waals surface area contributed by atoms with E-state index in [0.29, 0.717) is 13.1 Å². The molecule has 0 heterocycles. The van der Waals surface area contributed by atoms with Crippen molar-refractivity contribution in [1.29, 1.82) is 0 Å². The third-order valence-corrected chi connectivity index (χ3v) is 2.53. The summed E-state index contributed by atoms with van der Waals surface area (Å²) in [6.45, 7) is 8.35. The molecule has 1 aromatic rings. The van der Waals surface area contributed by atoms with Crippen molar-refractivity contribution in [3.8, 4) is 0 Å². The van der Waals surface area contributed by atoms with E-state index in [1.54, 1.807) is 0 Å². The Hall–Kier alpha value is -1.35. The van der Waals surface area contributed by atoms with Crippen LogP contribution >= 0.6 is 11.6 Å². The minimum absolute atomic E-state index is 0.0394. The molecule has 1 rings (SSSR count). The zero-order valence-electron chi connectivity index (χ0n) is 9.96.